The molecular formula is C12H19N5O2. The third-order valence-electron chi connectivity index (χ3n) is 3.35. The summed E-state index contributed by atoms with van der Waals surface area (Å²) < 4.78 is 1.57. The first kappa shape index (κ1) is 13.4. The Bertz CT molecular complexity index is 496. The lowest BCUT2D eigenvalue weighted by Gasteiger charge is -2.34. The van der Waals surface area contributed by atoms with Crippen LogP contribution >= 0.6 is 0 Å². The molecule has 0 bridgehead atoms. The number of carbonyl (C=O) groups excluding carboxylic acids is 2. The first-order chi connectivity index (χ1) is 9.10. The highest BCUT2D eigenvalue weighted by Gasteiger charge is 2.34. The number of nitrogens with zero attached hydrogens (tertiary/aromatic N) is 3. The van der Waals surface area contributed by atoms with Gasteiger partial charge < -0.3 is 16.0 Å². The molecule has 1 aromatic heterocycles. The van der Waals surface area contributed by atoms with Gasteiger partial charge in [0.25, 0.3) is 5.91 Å². The van der Waals surface area contributed by atoms with Gasteiger partial charge in [0.2, 0.25) is 5.91 Å². The molecule has 3 N–H and O–H groups in total. The van der Waals surface area contributed by atoms with E-state index in [4.69, 9.17) is 5.73 Å². The van der Waals surface area contributed by atoms with Gasteiger partial charge in [-0.05, 0) is 13.3 Å². The number of amides is 2. The van der Waals surface area contributed by atoms with Crippen LogP contribution in [0.15, 0.2) is 6.20 Å². The van der Waals surface area contributed by atoms with Crippen molar-refractivity contribution in [3.8, 4) is 0 Å². The lowest BCUT2D eigenvalue weighted by molar-refractivity contribution is -0.127. The van der Waals surface area contributed by atoms with E-state index in [1.165, 1.54) is 6.20 Å². The van der Waals surface area contributed by atoms with Gasteiger partial charge in [-0.25, -0.2) is 0 Å². The maximum absolute atomic E-state index is 12.6. The SMILES string of the molecule is CCC1C(=O)NCCN1C(=O)c1c(N)cnn1CC. The molecule has 1 aromatic rings. The van der Waals surface area contributed by atoms with E-state index in [1.54, 1.807) is 9.58 Å². The number of nitrogens with one attached hydrogen (secondary N) is 1. The molecule has 0 aromatic carbocycles. The topological polar surface area (TPSA) is 93.2 Å². The minimum Gasteiger partial charge on any atom is -0.396 e. The van der Waals surface area contributed by atoms with Crippen LogP contribution in [0.1, 0.15) is 30.8 Å². The summed E-state index contributed by atoms with van der Waals surface area (Å²) in [6.45, 7) is 5.31. The van der Waals surface area contributed by atoms with E-state index in [9.17, 15) is 9.59 Å². The van der Waals surface area contributed by atoms with E-state index in [0.29, 0.717) is 37.4 Å². The van der Waals surface area contributed by atoms with E-state index in [-0.39, 0.29) is 11.8 Å². The molecule has 1 fully saturated rings. The number of nitrogens with two attached hydrogens (primary N) is 1. The van der Waals surface area contributed by atoms with Crippen molar-refractivity contribution in [2.24, 2.45) is 0 Å². The number of hydrogen-bond donors (Lipinski definition) is 2. The van der Waals surface area contributed by atoms with Crippen LogP contribution in [0, 0.1) is 0 Å². The van der Waals surface area contributed by atoms with Gasteiger partial charge in [0.1, 0.15) is 11.7 Å². The summed E-state index contributed by atoms with van der Waals surface area (Å²) in [6, 6.07) is -0.430. The minimum absolute atomic E-state index is 0.108. The predicted octanol–water partition coefficient (Wildman–Crippen LogP) is -0.164. The summed E-state index contributed by atoms with van der Waals surface area (Å²) in [7, 11) is 0. The van der Waals surface area contributed by atoms with Crippen LogP contribution in [-0.2, 0) is 11.3 Å². The Morgan fingerprint density at radius 3 is 2.95 bits per heavy atom. The van der Waals surface area contributed by atoms with Crippen molar-refractivity contribution >= 4 is 17.5 Å². The zero-order chi connectivity index (χ0) is 14.0. The average Bonchev–Trinajstić information content (AvgIpc) is 2.78. The van der Waals surface area contributed by atoms with Crippen LogP contribution in [0.25, 0.3) is 0 Å². The highest BCUT2D eigenvalue weighted by Crippen LogP contribution is 2.18. The van der Waals surface area contributed by atoms with Crippen LogP contribution in [-0.4, -0.2) is 45.6 Å². The number of nitrogen functional groups attached to an aromatic ring is 1. The van der Waals surface area contributed by atoms with Crippen molar-refractivity contribution in [1.29, 1.82) is 0 Å². The maximum atomic E-state index is 12.6. The molecule has 1 atom stereocenters. The first-order valence-corrected chi connectivity index (χ1v) is 6.50. The summed E-state index contributed by atoms with van der Waals surface area (Å²) in [4.78, 5) is 26.0. The molecule has 0 saturated carbocycles. The molecule has 0 aliphatic carbocycles. The van der Waals surface area contributed by atoms with Gasteiger partial charge in [-0.15, -0.1) is 0 Å². The molecule has 2 amide bonds. The van der Waals surface area contributed by atoms with Gasteiger partial charge in [0.05, 0.1) is 11.9 Å². The second-order valence-electron chi connectivity index (χ2n) is 4.48. The molecule has 1 unspecified atom stereocenters. The first-order valence-electron chi connectivity index (χ1n) is 6.50. The zero-order valence-corrected chi connectivity index (χ0v) is 11.2. The monoisotopic (exact) mass is 265 g/mol. The summed E-state index contributed by atoms with van der Waals surface area (Å²) in [5, 5.41) is 6.83. The number of carbonyl (C=O) groups is 2. The lowest BCUT2D eigenvalue weighted by Crippen LogP contribution is -2.57. The van der Waals surface area contributed by atoms with E-state index < -0.39 is 6.04 Å². The molecule has 0 spiro atoms. The normalized spacial score (nSPS) is 19.4. The third kappa shape index (κ3) is 2.27. The standard InChI is InChI=1S/C12H19N5O2/c1-3-9-11(18)14-5-6-16(9)12(19)10-8(13)7-15-17(10)4-2/h7,9H,3-6,13H2,1-2H3,(H,14,18). The van der Waals surface area contributed by atoms with E-state index in [0.717, 1.165) is 0 Å². The smallest absolute Gasteiger partial charge is 0.275 e. The third-order valence-corrected chi connectivity index (χ3v) is 3.35. The molecule has 2 rings (SSSR count). The van der Waals surface area contributed by atoms with Crippen molar-refractivity contribution < 1.29 is 9.59 Å². The second-order valence-corrected chi connectivity index (χ2v) is 4.48. The van der Waals surface area contributed by atoms with Gasteiger partial charge >= 0.3 is 0 Å². The van der Waals surface area contributed by atoms with Crippen LogP contribution in [0.5, 0.6) is 0 Å². The molecule has 1 aliphatic heterocycles. The zero-order valence-electron chi connectivity index (χ0n) is 11.2. The Kier molecular flexibility index (Phi) is 3.73. The Labute approximate surface area is 111 Å². The van der Waals surface area contributed by atoms with Gasteiger partial charge in [-0.2, -0.15) is 5.10 Å². The fourth-order valence-electron chi connectivity index (χ4n) is 2.37. The van der Waals surface area contributed by atoms with E-state index in [1.807, 2.05) is 13.8 Å². The van der Waals surface area contributed by atoms with Crippen molar-refractivity contribution in [1.82, 2.24) is 20.0 Å². The van der Waals surface area contributed by atoms with Crippen molar-refractivity contribution in [3.05, 3.63) is 11.9 Å². The van der Waals surface area contributed by atoms with Crippen LogP contribution in [0.2, 0.25) is 0 Å². The fourth-order valence-corrected chi connectivity index (χ4v) is 2.37. The van der Waals surface area contributed by atoms with Crippen LogP contribution < -0.4 is 11.1 Å². The number of rotatable bonds is 3. The van der Waals surface area contributed by atoms with Crippen molar-refractivity contribution in [3.63, 3.8) is 0 Å². The number of hydrogen-bond acceptors (Lipinski definition) is 4. The van der Waals surface area contributed by atoms with E-state index >= 15 is 0 Å². The molecule has 1 saturated heterocycles. The molecule has 7 nitrogen and oxygen atoms in total. The van der Waals surface area contributed by atoms with Gasteiger partial charge in [0.15, 0.2) is 0 Å². The molecule has 104 valence electrons. The average molecular weight is 265 g/mol. The summed E-state index contributed by atoms with van der Waals surface area (Å²) in [5.41, 5.74) is 6.54. The molecule has 19 heavy (non-hydrogen) atoms. The lowest BCUT2D eigenvalue weighted by atomic mass is 10.1. The Morgan fingerprint density at radius 2 is 2.32 bits per heavy atom. The van der Waals surface area contributed by atoms with Crippen LogP contribution in [0.3, 0.4) is 0 Å². The molecular weight excluding hydrogens is 246 g/mol. The summed E-state index contributed by atoms with van der Waals surface area (Å²) in [5.74, 6) is -0.332. The molecule has 7 heteroatoms. The fraction of sp³-hybridized carbons (Fsp3) is 0.583. The largest absolute Gasteiger partial charge is 0.396 e. The Morgan fingerprint density at radius 1 is 1.58 bits per heavy atom. The number of piperazine rings is 1. The van der Waals surface area contributed by atoms with Crippen LogP contribution in [0.4, 0.5) is 5.69 Å². The number of aryl methyl sites for hydroxylation is 1. The maximum Gasteiger partial charge on any atom is 0.275 e. The Hall–Kier alpha value is -2.05. The number of anilines is 1. The van der Waals surface area contributed by atoms with E-state index in [2.05, 4.69) is 10.4 Å². The molecule has 1 aliphatic rings. The second kappa shape index (κ2) is 5.29. The Balaban J connectivity index is 2.32. The minimum atomic E-state index is -0.430. The van der Waals surface area contributed by atoms with Gasteiger partial charge in [0, 0.05) is 19.6 Å². The molecule has 2 heterocycles. The summed E-state index contributed by atoms with van der Waals surface area (Å²) in [6.07, 6.45) is 2.06. The van der Waals surface area contributed by atoms with Gasteiger partial charge in [-0.3, -0.25) is 14.3 Å². The quantitative estimate of drug-likeness (QED) is 0.794. The van der Waals surface area contributed by atoms with Crippen molar-refractivity contribution in [2.45, 2.75) is 32.9 Å². The highest BCUT2D eigenvalue weighted by molar-refractivity contribution is 6.00. The van der Waals surface area contributed by atoms with Crippen molar-refractivity contribution in [2.75, 3.05) is 18.8 Å². The highest BCUT2D eigenvalue weighted by atomic mass is 16.2. The predicted molar refractivity (Wildman–Crippen MR) is 70.4 cm³/mol. The summed E-state index contributed by atoms with van der Waals surface area (Å²) >= 11 is 0. The number of aromatic nitrogens is 2. The van der Waals surface area contributed by atoms with Gasteiger partial charge in [-0.1, -0.05) is 6.92 Å². The molecule has 0 radical (unpaired) electrons.